The molecule has 0 amide bonds. The highest BCUT2D eigenvalue weighted by molar-refractivity contribution is 5.20. The number of hydrogen-bond acceptors (Lipinski definition) is 3. The van der Waals surface area contributed by atoms with Crippen LogP contribution in [-0.4, -0.2) is 33.4 Å². The Bertz CT molecular complexity index is 312. The minimum absolute atomic E-state index is 0.239. The van der Waals surface area contributed by atoms with Gasteiger partial charge in [-0.15, -0.1) is 0 Å². The Balaban J connectivity index is 2.16. The summed E-state index contributed by atoms with van der Waals surface area (Å²) in [6.07, 6.45) is 1.03. The molecule has 0 radical (unpaired) electrons. The molecule has 0 spiro atoms. The van der Waals surface area contributed by atoms with Crippen LogP contribution in [0.2, 0.25) is 0 Å². The number of para-hydroxylation sites is 1. The van der Waals surface area contributed by atoms with E-state index in [1.54, 1.807) is 7.11 Å². The van der Waals surface area contributed by atoms with Crippen LogP contribution in [0.15, 0.2) is 30.3 Å². The molecule has 0 atom stereocenters. The molecule has 0 saturated heterocycles. The molecular formula is C15H25NO2. The van der Waals surface area contributed by atoms with E-state index in [1.807, 2.05) is 30.3 Å². The number of nitrogens with one attached hydrogen (secondary N) is 1. The molecule has 0 aliphatic carbocycles. The first-order valence-corrected chi connectivity index (χ1v) is 6.51. The maximum absolute atomic E-state index is 5.72. The van der Waals surface area contributed by atoms with Crippen molar-refractivity contribution in [3.8, 4) is 5.75 Å². The lowest BCUT2D eigenvalue weighted by atomic mass is 9.90. The van der Waals surface area contributed by atoms with E-state index >= 15 is 0 Å². The first-order valence-electron chi connectivity index (χ1n) is 6.51. The quantitative estimate of drug-likeness (QED) is 0.685. The maximum atomic E-state index is 5.72. The van der Waals surface area contributed by atoms with Crippen molar-refractivity contribution < 1.29 is 9.47 Å². The van der Waals surface area contributed by atoms with Crippen molar-refractivity contribution in [3.05, 3.63) is 30.3 Å². The molecule has 0 saturated carbocycles. The van der Waals surface area contributed by atoms with E-state index in [0.717, 1.165) is 38.5 Å². The van der Waals surface area contributed by atoms with Gasteiger partial charge in [0, 0.05) is 20.2 Å². The second-order valence-corrected chi connectivity index (χ2v) is 5.25. The summed E-state index contributed by atoms with van der Waals surface area (Å²) in [5.41, 5.74) is 0.239. The van der Waals surface area contributed by atoms with E-state index in [0.29, 0.717) is 0 Å². The van der Waals surface area contributed by atoms with Gasteiger partial charge in [-0.2, -0.15) is 0 Å². The van der Waals surface area contributed by atoms with E-state index in [1.165, 1.54) is 0 Å². The standard InChI is InChI=1S/C15H25NO2/c1-15(2,13-16-10-12-17-3)9-11-18-14-7-5-4-6-8-14/h4-8,16H,9-13H2,1-3H3. The first kappa shape index (κ1) is 15.0. The third-order valence-electron chi connectivity index (χ3n) is 2.88. The summed E-state index contributed by atoms with van der Waals surface area (Å²) in [6, 6.07) is 9.96. The summed E-state index contributed by atoms with van der Waals surface area (Å²) in [6.45, 7) is 7.90. The number of benzene rings is 1. The van der Waals surface area contributed by atoms with Crippen LogP contribution < -0.4 is 10.1 Å². The average molecular weight is 251 g/mol. The number of methoxy groups -OCH3 is 1. The van der Waals surface area contributed by atoms with Gasteiger partial charge in [-0.25, -0.2) is 0 Å². The molecule has 0 heterocycles. The fraction of sp³-hybridized carbons (Fsp3) is 0.600. The van der Waals surface area contributed by atoms with Gasteiger partial charge >= 0.3 is 0 Å². The molecule has 3 heteroatoms. The van der Waals surface area contributed by atoms with Crippen LogP contribution in [0.5, 0.6) is 5.75 Å². The van der Waals surface area contributed by atoms with Gasteiger partial charge in [0.15, 0.2) is 0 Å². The highest BCUT2D eigenvalue weighted by atomic mass is 16.5. The summed E-state index contributed by atoms with van der Waals surface area (Å²) in [5.74, 6) is 0.945. The lowest BCUT2D eigenvalue weighted by Gasteiger charge is -2.25. The van der Waals surface area contributed by atoms with Crippen LogP contribution >= 0.6 is 0 Å². The zero-order chi connectivity index (χ0) is 13.3. The Labute approximate surface area is 110 Å². The Kier molecular flexibility index (Phi) is 6.76. The molecule has 102 valence electrons. The molecule has 1 aromatic carbocycles. The van der Waals surface area contributed by atoms with Crippen LogP contribution in [0.4, 0.5) is 0 Å². The SMILES string of the molecule is COCCNCC(C)(C)CCOc1ccccc1. The monoisotopic (exact) mass is 251 g/mol. The molecule has 18 heavy (non-hydrogen) atoms. The van der Waals surface area contributed by atoms with E-state index in [-0.39, 0.29) is 5.41 Å². The van der Waals surface area contributed by atoms with Gasteiger partial charge in [0.1, 0.15) is 5.75 Å². The molecular weight excluding hydrogens is 226 g/mol. The summed E-state index contributed by atoms with van der Waals surface area (Å²) in [5, 5.41) is 3.39. The molecule has 1 N–H and O–H groups in total. The molecule has 0 unspecified atom stereocenters. The van der Waals surface area contributed by atoms with Gasteiger partial charge in [0.2, 0.25) is 0 Å². The Hall–Kier alpha value is -1.06. The summed E-state index contributed by atoms with van der Waals surface area (Å²) in [7, 11) is 1.72. The molecule has 0 aromatic heterocycles. The first-order chi connectivity index (χ1) is 8.64. The largest absolute Gasteiger partial charge is 0.494 e. The summed E-state index contributed by atoms with van der Waals surface area (Å²) >= 11 is 0. The number of rotatable bonds is 9. The Morgan fingerprint density at radius 3 is 2.50 bits per heavy atom. The molecule has 3 nitrogen and oxygen atoms in total. The summed E-state index contributed by atoms with van der Waals surface area (Å²) < 4.78 is 10.7. The van der Waals surface area contributed by atoms with Crippen molar-refractivity contribution in [1.29, 1.82) is 0 Å². The fourth-order valence-electron chi connectivity index (χ4n) is 1.65. The molecule has 0 aliphatic rings. The third kappa shape index (κ3) is 6.62. The highest BCUT2D eigenvalue weighted by Gasteiger charge is 2.17. The van der Waals surface area contributed by atoms with Crippen molar-refractivity contribution in [2.75, 3.05) is 33.4 Å². The minimum Gasteiger partial charge on any atom is -0.494 e. The lowest BCUT2D eigenvalue weighted by Crippen LogP contribution is -2.32. The van der Waals surface area contributed by atoms with Crippen molar-refractivity contribution >= 4 is 0 Å². The zero-order valence-electron chi connectivity index (χ0n) is 11.7. The minimum atomic E-state index is 0.239. The van der Waals surface area contributed by atoms with Gasteiger partial charge in [-0.3, -0.25) is 0 Å². The van der Waals surface area contributed by atoms with Gasteiger partial charge in [-0.1, -0.05) is 32.0 Å². The molecule has 0 bridgehead atoms. The van der Waals surface area contributed by atoms with Crippen molar-refractivity contribution in [1.82, 2.24) is 5.32 Å². The molecule has 1 aromatic rings. The van der Waals surface area contributed by atoms with E-state index < -0.39 is 0 Å². The second kappa shape index (κ2) is 8.11. The Morgan fingerprint density at radius 2 is 1.83 bits per heavy atom. The van der Waals surface area contributed by atoms with Crippen molar-refractivity contribution in [3.63, 3.8) is 0 Å². The molecule has 0 aliphatic heterocycles. The van der Waals surface area contributed by atoms with E-state index in [2.05, 4.69) is 19.2 Å². The smallest absolute Gasteiger partial charge is 0.119 e. The topological polar surface area (TPSA) is 30.5 Å². The average Bonchev–Trinajstić information content (AvgIpc) is 2.36. The van der Waals surface area contributed by atoms with Gasteiger partial charge in [0.25, 0.3) is 0 Å². The fourth-order valence-corrected chi connectivity index (χ4v) is 1.65. The van der Waals surface area contributed by atoms with E-state index in [9.17, 15) is 0 Å². The second-order valence-electron chi connectivity index (χ2n) is 5.25. The van der Waals surface area contributed by atoms with Crippen molar-refractivity contribution in [2.45, 2.75) is 20.3 Å². The van der Waals surface area contributed by atoms with Gasteiger partial charge in [0.05, 0.1) is 13.2 Å². The third-order valence-corrected chi connectivity index (χ3v) is 2.88. The van der Waals surface area contributed by atoms with Crippen LogP contribution in [0.25, 0.3) is 0 Å². The predicted molar refractivity (Wildman–Crippen MR) is 75.1 cm³/mol. The van der Waals surface area contributed by atoms with E-state index in [4.69, 9.17) is 9.47 Å². The van der Waals surface area contributed by atoms with Crippen LogP contribution in [0.1, 0.15) is 20.3 Å². The highest BCUT2D eigenvalue weighted by Crippen LogP contribution is 2.19. The van der Waals surface area contributed by atoms with Gasteiger partial charge in [-0.05, 0) is 24.0 Å². The molecule has 1 rings (SSSR count). The lowest BCUT2D eigenvalue weighted by molar-refractivity contribution is 0.186. The van der Waals surface area contributed by atoms with Gasteiger partial charge < -0.3 is 14.8 Å². The number of ether oxygens (including phenoxy) is 2. The van der Waals surface area contributed by atoms with Crippen LogP contribution in [-0.2, 0) is 4.74 Å². The maximum Gasteiger partial charge on any atom is 0.119 e. The van der Waals surface area contributed by atoms with Crippen LogP contribution in [0, 0.1) is 5.41 Å². The number of hydrogen-bond donors (Lipinski definition) is 1. The zero-order valence-corrected chi connectivity index (χ0v) is 11.7. The molecule has 0 fully saturated rings. The summed E-state index contributed by atoms with van der Waals surface area (Å²) in [4.78, 5) is 0. The Morgan fingerprint density at radius 1 is 1.11 bits per heavy atom. The van der Waals surface area contributed by atoms with Crippen LogP contribution in [0.3, 0.4) is 0 Å². The van der Waals surface area contributed by atoms with Crippen molar-refractivity contribution in [2.24, 2.45) is 5.41 Å². The normalized spacial score (nSPS) is 11.5. The predicted octanol–water partition coefficient (Wildman–Crippen LogP) is 2.72.